The Kier molecular flexibility index (Phi) is 7.93. The van der Waals surface area contributed by atoms with Crippen molar-refractivity contribution in [2.75, 3.05) is 19.8 Å². The molecule has 164 valence electrons. The van der Waals surface area contributed by atoms with Crippen LogP contribution in [0.15, 0.2) is 30.6 Å². The summed E-state index contributed by atoms with van der Waals surface area (Å²) in [4.78, 5) is 27.7. The Morgan fingerprint density at radius 3 is 2.60 bits per heavy atom. The van der Waals surface area contributed by atoms with Gasteiger partial charge in [0.1, 0.15) is 0 Å². The molecule has 0 aliphatic carbocycles. The van der Waals surface area contributed by atoms with Gasteiger partial charge in [0, 0.05) is 50.1 Å². The van der Waals surface area contributed by atoms with Crippen molar-refractivity contribution in [3.8, 4) is 0 Å². The number of hydrogen-bond acceptors (Lipinski definition) is 5. The molecule has 0 radical (unpaired) electrons. The Balaban J connectivity index is 0.000000396. The number of alkyl halides is 3. The highest BCUT2D eigenvalue weighted by Crippen LogP contribution is 2.28. The zero-order chi connectivity index (χ0) is 22.3. The van der Waals surface area contributed by atoms with E-state index < -0.39 is 12.1 Å². The Morgan fingerprint density at radius 2 is 2.03 bits per heavy atom. The normalized spacial score (nSPS) is 15.8. The van der Waals surface area contributed by atoms with Gasteiger partial charge < -0.3 is 14.7 Å². The lowest BCUT2D eigenvalue weighted by atomic mass is 9.96. The lowest BCUT2D eigenvalue weighted by molar-refractivity contribution is -0.192. The first-order valence-electron chi connectivity index (χ1n) is 9.19. The van der Waals surface area contributed by atoms with Gasteiger partial charge in [-0.1, -0.05) is 6.07 Å². The molecule has 1 unspecified atom stereocenters. The summed E-state index contributed by atoms with van der Waals surface area (Å²) < 4.78 is 39.2. The summed E-state index contributed by atoms with van der Waals surface area (Å²) >= 11 is 0. The van der Waals surface area contributed by atoms with Gasteiger partial charge in [-0.05, 0) is 19.1 Å². The first kappa shape index (κ1) is 23.3. The minimum Gasteiger partial charge on any atom is -0.475 e. The van der Waals surface area contributed by atoms with Crippen LogP contribution in [0.3, 0.4) is 0 Å². The molecule has 0 saturated carbocycles. The third-order valence-electron chi connectivity index (χ3n) is 4.43. The van der Waals surface area contributed by atoms with Crippen LogP contribution in [0.1, 0.15) is 29.8 Å². The van der Waals surface area contributed by atoms with E-state index in [0.29, 0.717) is 32.7 Å². The smallest absolute Gasteiger partial charge is 0.475 e. The largest absolute Gasteiger partial charge is 0.490 e. The minimum absolute atomic E-state index is 0.0969. The first-order valence-corrected chi connectivity index (χ1v) is 9.19. The Labute approximate surface area is 171 Å². The third kappa shape index (κ3) is 6.28. The zero-order valence-electron chi connectivity index (χ0n) is 16.6. The molecule has 0 saturated heterocycles. The average Bonchev–Trinajstić information content (AvgIpc) is 3.07. The summed E-state index contributed by atoms with van der Waals surface area (Å²) in [7, 11) is 1.95. The number of ether oxygens (including phenoxy) is 1. The van der Waals surface area contributed by atoms with Gasteiger partial charge in [0.15, 0.2) is 0 Å². The van der Waals surface area contributed by atoms with Crippen molar-refractivity contribution < 1.29 is 32.6 Å². The molecule has 1 aliphatic heterocycles. The molecule has 2 aromatic rings. The summed E-state index contributed by atoms with van der Waals surface area (Å²) in [5, 5.41) is 11.5. The lowest BCUT2D eigenvalue weighted by Gasteiger charge is -2.33. The summed E-state index contributed by atoms with van der Waals surface area (Å²) in [6, 6.07) is 5.65. The van der Waals surface area contributed by atoms with Gasteiger partial charge in [0.2, 0.25) is 5.91 Å². The van der Waals surface area contributed by atoms with Gasteiger partial charge in [-0.15, -0.1) is 0 Å². The Bertz CT molecular complexity index is 855. The van der Waals surface area contributed by atoms with E-state index in [1.54, 1.807) is 6.20 Å². The van der Waals surface area contributed by atoms with Crippen LogP contribution in [0.25, 0.3) is 0 Å². The fraction of sp³-hybridized carbons (Fsp3) is 0.474. The van der Waals surface area contributed by atoms with Crippen molar-refractivity contribution in [3.05, 3.63) is 47.5 Å². The number of fused-ring (bicyclic) bond motifs is 1. The van der Waals surface area contributed by atoms with Gasteiger partial charge in [0.05, 0.1) is 24.9 Å². The number of aliphatic carboxylic acids is 1. The number of carbonyl (C=O) groups is 2. The van der Waals surface area contributed by atoms with E-state index in [0.717, 1.165) is 11.3 Å². The van der Waals surface area contributed by atoms with Crippen LogP contribution >= 0.6 is 0 Å². The zero-order valence-corrected chi connectivity index (χ0v) is 16.6. The molecule has 1 amide bonds. The molecule has 0 spiro atoms. The van der Waals surface area contributed by atoms with Gasteiger partial charge in [-0.3, -0.25) is 14.5 Å². The number of nitrogens with zero attached hydrogens (tertiary/aromatic N) is 4. The van der Waals surface area contributed by atoms with E-state index in [4.69, 9.17) is 14.6 Å². The molecule has 2 aromatic heterocycles. The van der Waals surface area contributed by atoms with E-state index in [-0.39, 0.29) is 11.8 Å². The van der Waals surface area contributed by atoms with Crippen molar-refractivity contribution in [1.82, 2.24) is 19.7 Å². The molecule has 1 aliphatic rings. The maximum Gasteiger partial charge on any atom is 0.490 e. The number of amides is 1. The van der Waals surface area contributed by atoms with Crippen molar-refractivity contribution in [1.29, 1.82) is 0 Å². The molecule has 0 fully saturated rings. The number of halogens is 3. The number of rotatable bonds is 5. The second kappa shape index (κ2) is 10.2. The predicted octanol–water partition coefficient (Wildman–Crippen LogP) is 2.15. The third-order valence-corrected chi connectivity index (χ3v) is 4.43. The summed E-state index contributed by atoms with van der Waals surface area (Å²) in [6.07, 6.45) is -1.18. The molecular weight excluding hydrogens is 405 g/mol. The van der Waals surface area contributed by atoms with Gasteiger partial charge in [0.25, 0.3) is 0 Å². The topological polar surface area (TPSA) is 97.5 Å². The van der Waals surface area contributed by atoms with Gasteiger partial charge in [-0.2, -0.15) is 18.3 Å². The van der Waals surface area contributed by atoms with E-state index in [1.807, 2.05) is 47.9 Å². The van der Waals surface area contributed by atoms with Crippen molar-refractivity contribution >= 4 is 11.9 Å². The molecule has 3 rings (SSSR count). The minimum atomic E-state index is -5.08. The van der Waals surface area contributed by atoms with Crippen molar-refractivity contribution in [3.63, 3.8) is 0 Å². The highest BCUT2D eigenvalue weighted by atomic mass is 19.4. The van der Waals surface area contributed by atoms with E-state index in [1.165, 1.54) is 5.69 Å². The van der Waals surface area contributed by atoms with Crippen molar-refractivity contribution in [2.45, 2.75) is 32.0 Å². The van der Waals surface area contributed by atoms with Gasteiger partial charge >= 0.3 is 12.1 Å². The monoisotopic (exact) mass is 428 g/mol. The number of pyridine rings is 1. The number of carboxylic acids is 1. The Morgan fingerprint density at radius 1 is 1.33 bits per heavy atom. The molecule has 0 bridgehead atoms. The standard InChI is InChI=1S/C17H22N4O2.C2HF3O2/c1-3-23-12-14-11-21(10-13-9-19-20(2)17(13)14)16(22)8-15-6-4-5-7-18-15;3-2(4,5)1(6)7/h4-7,9,14H,3,8,10-12H2,1-2H3;(H,6,7). The van der Waals surface area contributed by atoms with Crippen LogP contribution in [-0.2, 0) is 34.3 Å². The average molecular weight is 428 g/mol. The maximum absolute atomic E-state index is 12.6. The van der Waals surface area contributed by atoms with Crippen LogP contribution in [0.5, 0.6) is 0 Å². The maximum atomic E-state index is 12.6. The lowest BCUT2D eigenvalue weighted by Crippen LogP contribution is -2.40. The number of aryl methyl sites for hydroxylation is 1. The SMILES string of the molecule is CCOCC1CN(C(=O)Cc2ccccn2)Cc2cnn(C)c21.O=C(O)C(F)(F)F. The molecule has 1 atom stereocenters. The molecule has 0 aromatic carbocycles. The summed E-state index contributed by atoms with van der Waals surface area (Å²) in [6.45, 7) is 4.54. The predicted molar refractivity (Wildman–Crippen MR) is 99.5 cm³/mol. The Hall–Kier alpha value is -2.95. The molecule has 30 heavy (non-hydrogen) atoms. The van der Waals surface area contributed by atoms with Gasteiger partial charge in [-0.25, -0.2) is 4.79 Å². The van der Waals surface area contributed by atoms with E-state index in [2.05, 4.69) is 10.1 Å². The highest BCUT2D eigenvalue weighted by Gasteiger charge is 2.38. The second-order valence-corrected chi connectivity index (χ2v) is 6.61. The molecule has 3 heterocycles. The van der Waals surface area contributed by atoms with Crippen LogP contribution in [0.4, 0.5) is 13.2 Å². The van der Waals surface area contributed by atoms with E-state index >= 15 is 0 Å². The fourth-order valence-electron chi connectivity index (χ4n) is 3.11. The summed E-state index contributed by atoms with van der Waals surface area (Å²) in [5.41, 5.74) is 3.09. The molecule has 8 nitrogen and oxygen atoms in total. The van der Waals surface area contributed by atoms with Crippen LogP contribution in [-0.4, -0.2) is 62.6 Å². The van der Waals surface area contributed by atoms with E-state index in [9.17, 15) is 18.0 Å². The quantitative estimate of drug-likeness (QED) is 0.784. The number of hydrogen-bond donors (Lipinski definition) is 1. The van der Waals surface area contributed by atoms with Crippen LogP contribution in [0, 0.1) is 0 Å². The number of aromatic nitrogens is 3. The van der Waals surface area contributed by atoms with Crippen molar-refractivity contribution in [2.24, 2.45) is 7.05 Å². The molecular formula is C19H23F3N4O4. The molecule has 11 heteroatoms. The molecule has 1 N–H and O–H groups in total. The van der Waals surface area contributed by atoms with Crippen LogP contribution < -0.4 is 0 Å². The summed E-state index contributed by atoms with van der Waals surface area (Å²) in [5.74, 6) is -2.49. The van der Waals surface area contributed by atoms with Crippen LogP contribution in [0.2, 0.25) is 0 Å². The number of carbonyl (C=O) groups excluding carboxylic acids is 1. The first-order chi connectivity index (χ1) is 14.1. The number of carboxylic acid groups (broad SMARTS) is 1. The fourth-order valence-corrected chi connectivity index (χ4v) is 3.11. The highest BCUT2D eigenvalue weighted by molar-refractivity contribution is 5.78. The second-order valence-electron chi connectivity index (χ2n) is 6.61.